The highest BCUT2D eigenvalue weighted by atomic mass is 32.2. The Morgan fingerprint density at radius 2 is 1.59 bits per heavy atom. The van der Waals surface area contributed by atoms with Gasteiger partial charge in [0.2, 0.25) is 5.89 Å². The number of ether oxygens (including phenoxy) is 2. The van der Waals surface area contributed by atoms with Crippen LogP contribution in [-0.4, -0.2) is 37.7 Å². The molecule has 1 aromatic heterocycles. The number of aromatic nitrogens is 1. The van der Waals surface area contributed by atoms with Crippen LogP contribution in [0, 0.1) is 13.8 Å². The van der Waals surface area contributed by atoms with Crippen molar-refractivity contribution in [1.29, 1.82) is 0 Å². The Kier molecular flexibility index (Phi) is 15.8. The Hall–Kier alpha value is -3.66. The van der Waals surface area contributed by atoms with Crippen molar-refractivity contribution in [2.45, 2.75) is 111 Å². The van der Waals surface area contributed by atoms with E-state index in [1.54, 1.807) is 12.1 Å². The zero-order valence-corrected chi connectivity index (χ0v) is 31.5. The quantitative estimate of drug-likeness (QED) is 0.0831. The maximum atomic E-state index is 10.5. The van der Waals surface area contributed by atoms with Crippen molar-refractivity contribution in [1.82, 2.24) is 10.3 Å². The van der Waals surface area contributed by atoms with Crippen LogP contribution in [-0.2, 0) is 23.1 Å². The highest BCUT2D eigenvalue weighted by molar-refractivity contribution is 7.85. The van der Waals surface area contributed by atoms with E-state index in [2.05, 4.69) is 78.0 Å². The van der Waals surface area contributed by atoms with Crippen molar-refractivity contribution in [2.75, 3.05) is 19.8 Å². The van der Waals surface area contributed by atoms with Crippen LogP contribution < -0.4 is 14.8 Å². The standard InChI is InChI=1S/C33H48N2O3.C7H8O3S/c1-8-11-12-18-37-32-25(7)20-27(21-29(32)24(6)9-2)33-35-30(31(38-33)23(4)5)17-19-36-28-15-13-26(14-16-28)22-34-10-3;1-6-2-4-7(5-3-6)11(8,9)10/h13-16,20-21,23-24,34H,8-12,17-19,22H2,1-7H3;2-5H,1H3,(H,8,9,10). The number of hydrogen-bond acceptors (Lipinski definition) is 7. The van der Waals surface area contributed by atoms with Crippen molar-refractivity contribution in [2.24, 2.45) is 0 Å². The summed E-state index contributed by atoms with van der Waals surface area (Å²) in [5, 5.41) is 3.35. The van der Waals surface area contributed by atoms with Gasteiger partial charge in [-0.2, -0.15) is 8.42 Å². The Morgan fingerprint density at radius 1 is 0.898 bits per heavy atom. The van der Waals surface area contributed by atoms with Crippen LogP contribution in [0.3, 0.4) is 0 Å². The molecule has 0 aliphatic carbocycles. The maximum absolute atomic E-state index is 10.5. The van der Waals surface area contributed by atoms with E-state index >= 15 is 0 Å². The molecule has 268 valence electrons. The summed E-state index contributed by atoms with van der Waals surface area (Å²) < 4.78 is 48.3. The molecule has 2 N–H and O–H groups in total. The summed E-state index contributed by atoms with van der Waals surface area (Å²) in [6.45, 7) is 20.3. The second-order valence-electron chi connectivity index (χ2n) is 12.9. The van der Waals surface area contributed by atoms with Crippen LogP contribution in [0.2, 0.25) is 0 Å². The Balaban J connectivity index is 0.000000501. The van der Waals surface area contributed by atoms with Crippen LogP contribution in [0.1, 0.15) is 113 Å². The predicted molar refractivity (Wildman–Crippen MR) is 199 cm³/mol. The molecular weight excluding hydrogens is 637 g/mol. The second-order valence-corrected chi connectivity index (χ2v) is 14.3. The lowest BCUT2D eigenvalue weighted by molar-refractivity contribution is 0.299. The molecule has 0 aliphatic heterocycles. The van der Waals surface area contributed by atoms with Crippen LogP contribution in [0.4, 0.5) is 0 Å². The first-order chi connectivity index (χ1) is 23.4. The van der Waals surface area contributed by atoms with Crippen molar-refractivity contribution < 1.29 is 26.9 Å². The summed E-state index contributed by atoms with van der Waals surface area (Å²) in [6.07, 6.45) is 5.22. The van der Waals surface area contributed by atoms with Gasteiger partial charge in [0.1, 0.15) is 17.3 Å². The fourth-order valence-corrected chi connectivity index (χ4v) is 5.78. The summed E-state index contributed by atoms with van der Waals surface area (Å²) in [7, 11) is -4.02. The number of hydrogen-bond donors (Lipinski definition) is 2. The van der Waals surface area contributed by atoms with Gasteiger partial charge in [0, 0.05) is 24.4 Å². The fraction of sp³-hybridized carbons (Fsp3) is 0.475. The second kappa shape index (κ2) is 19.5. The van der Waals surface area contributed by atoms with Gasteiger partial charge in [-0.1, -0.05) is 84.2 Å². The van der Waals surface area contributed by atoms with Crippen LogP contribution in [0.15, 0.2) is 70.0 Å². The van der Waals surface area contributed by atoms with E-state index in [1.165, 1.54) is 36.1 Å². The van der Waals surface area contributed by atoms with Crippen LogP contribution in [0.25, 0.3) is 11.5 Å². The molecule has 4 rings (SSSR count). The number of unbranched alkanes of at least 4 members (excludes halogenated alkanes) is 2. The number of nitrogens with zero attached hydrogens (tertiary/aromatic N) is 1. The van der Waals surface area contributed by atoms with E-state index in [-0.39, 0.29) is 10.8 Å². The zero-order valence-electron chi connectivity index (χ0n) is 30.6. The van der Waals surface area contributed by atoms with Gasteiger partial charge in [-0.3, -0.25) is 4.55 Å². The largest absolute Gasteiger partial charge is 0.493 e. The average Bonchev–Trinajstić information content (AvgIpc) is 3.51. The molecule has 0 aliphatic rings. The van der Waals surface area contributed by atoms with Crippen LogP contribution >= 0.6 is 0 Å². The molecule has 4 aromatic rings. The third-order valence-corrected chi connectivity index (χ3v) is 9.24. The third kappa shape index (κ3) is 12.3. The van der Waals surface area contributed by atoms with Gasteiger partial charge in [-0.15, -0.1) is 0 Å². The summed E-state index contributed by atoms with van der Waals surface area (Å²) >= 11 is 0. The van der Waals surface area contributed by atoms with Gasteiger partial charge in [-0.05, 0) is 92.2 Å². The first-order valence-electron chi connectivity index (χ1n) is 17.6. The molecule has 49 heavy (non-hydrogen) atoms. The number of oxazole rings is 1. The van der Waals surface area contributed by atoms with E-state index in [0.717, 1.165) is 72.2 Å². The molecule has 0 bridgehead atoms. The van der Waals surface area contributed by atoms with Gasteiger partial charge in [-0.25, -0.2) is 4.98 Å². The number of nitrogens with one attached hydrogen (secondary N) is 1. The Labute approximate surface area is 294 Å². The monoisotopic (exact) mass is 692 g/mol. The van der Waals surface area contributed by atoms with Crippen molar-refractivity contribution in [3.63, 3.8) is 0 Å². The van der Waals surface area contributed by atoms with Gasteiger partial charge in [0.25, 0.3) is 10.1 Å². The highest BCUT2D eigenvalue weighted by Gasteiger charge is 2.21. The Morgan fingerprint density at radius 3 is 2.18 bits per heavy atom. The number of benzene rings is 3. The van der Waals surface area contributed by atoms with E-state index in [0.29, 0.717) is 24.8 Å². The van der Waals surface area contributed by atoms with Crippen molar-refractivity contribution in [3.05, 3.63) is 94.4 Å². The van der Waals surface area contributed by atoms with E-state index < -0.39 is 10.1 Å². The first-order valence-corrected chi connectivity index (χ1v) is 19.1. The molecule has 0 amide bonds. The van der Waals surface area contributed by atoms with Gasteiger partial charge >= 0.3 is 0 Å². The Bertz CT molecular complexity index is 1680. The molecule has 0 saturated carbocycles. The first kappa shape index (κ1) is 39.8. The third-order valence-electron chi connectivity index (χ3n) is 8.37. The molecule has 1 unspecified atom stereocenters. The molecule has 1 atom stereocenters. The number of aryl methyl sites for hydroxylation is 2. The highest BCUT2D eigenvalue weighted by Crippen LogP contribution is 2.37. The van der Waals surface area contributed by atoms with Gasteiger partial charge in [0.15, 0.2) is 0 Å². The SMILES string of the molecule is CCCCCOc1c(C)cc(-c2nc(CCOc3ccc(CNCC)cc3)c(C(C)C)o2)cc1C(C)CC.Cc1ccc(S(=O)(=O)O)cc1. The fourth-order valence-electron chi connectivity index (χ4n) is 5.30. The minimum absolute atomic E-state index is 0.0666. The molecule has 0 radical (unpaired) electrons. The van der Waals surface area contributed by atoms with Gasteiger partial charge in [0.05, 0.1) is 23.8 Å². The normalized spacial score (nSPS) is 12.0. The lowest BCUT2D eigenvalue weighted by Crippen LogP contribution is -2.11. The predicted octanol–water partition coefficient (Wildman–Crippen LogP) is 9.83. The topological polar surface area (TPSA) is 111 Å². The van der Waals surface area contributed by atoms with E-state index in [9.17, 15) is 8.42 Å². The van der Waals surface area contributed by atoms with E-state index in [4.69, 9.17) is 23.4 Å². The minimum atomic E-state index is -4.02. The van der Waals surface area contributed by atoms with Crippen molar-refractivity contribution in [3.8, 4) is 23.0 Å². The molecule has 3 aromatic carbocycles. The molecule has 0 saturated heterocycles. The number of rotatable bonds is 17. The molecule has 0 fully saturated rings. The maximum Gasteiger partial charge on any atom is 0.294 e. The summed E-state index contributed by atoms with van der Waals surface area (Å²) in [6, 6.07) is 18.7. The lowest BCUT2D eigenvalue weighted by atomic mass is 9.93. The zero-order chi connectivity index (χ0) is 36.0. The molecule has 8 nitrogen and oxygen atoms in total. The summed E-state index contributed by atoms with van der Waals surface area (Å²) in [5.74, 6) is 4.16. The average molecular weight is 693 g/mol. The minimum Gasteiger partial charge on any atom is -0.493 e. The lowest BCUT2D eigenvalue weighted by Gasteiger charge is -2.19. The van der Waals surface area contributed by atoms with Gasteiger partial charge < -0.3 is 19.2 Å². The molecule has 1 heterocycles. The molecule has 9 heteroatoms. The smallest absolute Gasteiger partial charge is 0.294 e. The molecular formula is C40H56N2O6S. The molecule has 0 spiro atoms. The summed E-state index contributed by atoms with van der Waals surface area (Å²) in [4.78, 5) is 4.90. The summed E-state index contributed by atoms with van der Waals surface area (Å²) in [5.41, 5.74) is 6.58. The van der Waals surface area contributed by atoms with Crippen molar-refractivity contribution >= 4 is 10.1 Å². The van der Waals surface area contributed by atoms with Crippen LogP contribution in [0.5, 0.6) is 11.5 Å². The van der Waals surface area contributed by atoms with E-state index in [1.807, 2.05) is 19.1 Å².